The molecule has 0 bridgehead atoms. The molecule has 108 valence electrons. The summed E-state index contributed by atoms with van der Waals surface area (Å²) in [5.41, 5.74) is -0.147. The molecule has 1 rings (SSSR count). The Morgan fingerprint density at radius 2 is 1.44 bits per heavy atom. The van der Waals surface area contributed by atoms with E-state index < -0.39 is 12.7 Å². The van der Waals surface area contributed by atoms with Crippen molar-refractivity contribution in [1.29, 1.82) is 0 Å². The summed E-state index contributed by atoms with van der Waals surface area (Å²) in [6, 6.07) is 0. The molecule has 0 aromatic rings. The van der Waals surface area contributed by atoms with Crippen LogP contribution >= 0.6 is 0 Å². The predicted octanol–water partition coefficient (Wildman–Crippen LogP) is 1.57. The van der Waals surface area contributed by atoms with Gasteiger partial charge in [0.05, 0.1) is 6.54 Å². The first-order valence-electron chi connectivity index (χ1n) is 6.40. The van der Waals surface area contributed by atoms with Crippen LogP contribution in [0.15, 0.2) is 0 Å². The van der Waals surface area contributed by atoms with Crippen LogP contribution in [0.25, 0.3) is 0 Å². The molecule has 0 amide bonds. The maximum absolute atomic E-state index is 12.2. The highest BCUT2D eigenvalue weighted by atomic mass is 19.4. The molecular formula is C12H23F3N2O. The standard InChI is InChI=1S/C12H23F3N2O/c1-3-11(2,10-18)8-16-4-6-17(7-5-16)9-12(13,14)15/h18H,3-10H2,1-2H3. The van der Waals surface area contributed by atoms with E-state index in [-0.39, 0.29) is 12.0 Å². The van der Waals surface area contributed by atoms with Gasteiger partial charge in [0.15, 0.2) is 0 Å². The number of rotatable bonds is 5. The van der Waals surface area contributed by atoms with E-state index >= 15 is 0 Å². The van der Waals surface area contributed by atoms with Crippen molar-refractivity contribution in [2.75, 3.05) is 45.9 Å². The molecule has 0 spiro atoms. The average Bonchev–Trinajstić information content (AvgIpc) is 2.30. The first-order chi connectivity index (χ1) is 8.28. The Bertz CT molecular complexity index is 246. The Morgan fingerprint density at radius 1 is 1.00 bits per heavy atom. The minimum atomic E-state index is -4.11. The maximum Gasteiger partial charge on any atom is 0.401 e. The van der Waals surface area contributed by atoms with Crippen molar-refractivity contribution < 1.29 is 18.3 Å². The van der Waals surface area contributed by atoms with Gasteiger partial charge in [-0.25, -0.2) is 0 Å². The van der Waals surface area contributed by atoms with Crippen LogP contribution in [0, 0.1) is 5.41 Å². The average molecular weight is 268 g/mol. The lowest BCUT2D eigenvalue weighted by molar-refractivity contribution is -0.149. The van der Waals surface area contributed by atoms with Crippen LogP contribution in [0.5, 0.6) is 0 Å². The number of hydrogen-bond acceptors (Lipinski definition) is 3. The van der Waals surface area contributed by atoms with E-state index in [9.17, 15) is 18.3 Å². The first kappa shape index (κ1) is 15.7. The summed E-state index contributed by atoms with van der Waals surface area (Å²) in [5, 5.41) is 9.33. The summed E-state index contributed by atoms with van der Waals surface area (Å²) in [5.74, 6) is 0. The van der Waals surface area contributed by atoms with Gasteiger partial charge in [0.1, 0.15) is 0 Å². The third-order valence-electron chi connectivity index (χ3n) is 3.71. The monoisotopic (exact) mass is 268 g/mol. The molecule has 0 aromatic carbocycles. The highest BCUT2D eigenvalue weighted by Gasteiger charge is 2.33. The Morgan fingerprint density at radius 3 is 1.78 bits per heavy atom. The Balaban J connectivity index is 2.35. The quantitative estimate of drug-likeness (QED) is 0.820. The van der Waals surface area contributed by atoms with E-state index in [4.69, 9.17) is 0 Å². The van der Waals surface area contributed by atoms with E-state index in [1.807, 2.05) is 13.8 Å². The molecule has 0 radical (unpaired) electrons. The summed E-state index contributed by atoms with van der Waals surface area (Å²) < 4.78 is 36.7. The van der Waals surface area contributed by atoms with Gasteiger partial charge in [-0.2, -0.15) is 13.2 Å². The Hall–Kier alpha value is -0.330. The molecule has 1 aliphatic rings. The topological polar surface area (TPSA) is 26.7 Å². The van der Waals surface area contributed by atoms with Gasteiger partial charge >= 0.3 is 6.18 Å². The van der Waals surface area contributed by atoms with Crippen LogP contribution < -0.4 is 0 Å². The van der Waals surface area contributed by atoms with Gasteiger partial charge in [-0.15, -0.1) is 0 Å². The normalized spacial score (nSPS) is 23.0. The maximum atomic E-state index is 12.2. The van der Waals surface area contributed by atoms with E-state index in [1.165, 1.54) is 4.90 Å². The van der Waals surface area contributed by atoms with E-state index in [1.54, 1.807) is 0 Å². The van der Waals surface area contributed by atoms with Crippen molar-refractivity contribution in [2.45, 2.75) is 26.4 Å². The fraction of sp³-hybridized carbons (Fsp3) is 1.00. The van der Waals surface area contributed by atoms with E-state index in [2.05, 4.69) is 4.90 Å². The second-order valence-electron chi connectivity index (χ2n) is 5.49. The van der Waals surface area contributed by atoms with Gasteiger partial charge in [0.2, 0.25) is 0 Å². The van der Waals surface area contributed by atoms with Crippen LogP contribution in [0.3, 0.4) is 0 Å². The molecular weight excluding hydrogens is 245 g/mol. The van der Waals surface area contributed by atoms with Gasteiger partial charge < -0.3 is 10.0 Å². The van der Waals surface area contributed by atoms with Crippen molar-refractivity contribution in [3.63, 3.8) is 0 Å². The Labute approximate surface area is 107 Å². The predicted molar refractivity (Wildman–Crippen MR) is 64.4 cm³/mol. The molecule has 1 saturated heterocycles. The number of nitrogens with zero attached hydrogens (tertiary/aromatic N) is 2. The SMILES string of the molecule is CCC(C)(CO)CN1CCN(CC(F)(F)F)CC1. The summed E-state index contributed by atoms with van der Waals surface area (Å²) in [6.45, 7) is 6.27. The molecule has 1 heterocycles. The molecule has 1 unspecified atom stereocenters. The zero-order chi connectivity index (χ0) is 13.8. The summed E-state index contributed by atoms with van der Waals surface area (Å²) >= 11 is 0. The van der Waals surface area contributed by atoms with Gasteiger partial charge in [-0.1, -0.05) is 13.8 Å². The van der Waals surface area contributed by atoms with Crippen LogP contribution in [-0.2, 0) is 0 Å². The van der Waals surface area contributed by atoms with Crippen molar-refractivity contribution in [3.05, 3.63) is 0 Å². The molecule has 6 heteroatoms. The van der Waals surface area contributed by atoms with E-state index in [0.29, 0.717) is 26.2 Å². The molecule has 18 heavy (non-hydrogen) atoms. The fourth-order valence-electron chi connectivity index (χ4n) is 2.17. The van der Waals surface area contributed by atoms with Crippen LogP contribution in [0.4, 0.5) is 13.2 Å². The smallest absolute Gasteiger partial charge is 0.396 e. The fourth-order valence-corrected chi connectivity index (χ4v) is 2.17. The van der Waals surface area contributed by atoms with Gasteiger partial charge in [-0.3, -0.25) is 4.90 Å². The van der Waals surface area contributed by atoms with Crippen molar-refractivity contribution >= 4 is 0 Å². The van der Waals surface area contributed by atoms with Crippen LogP contribution in [0.1, 0.15) is 20.3 Å². The zero-order valence-corrected chi connectivity index (χ0v) is 11.1. The van der Waals surface area contributed by atoms with Gasteiger partial charge in [-0.05, 0) is 6.42 Å². The third-order valence-corrected chi connectivity index (χ3v) is 3.71. The van der Waals surface area contributed by atoms with Gasteiger partial charge in [0, 0.05) is 44.7 Å². The van der Waals surface area contributed by atoms with E-state index in [0.717, 1.165) is 13.0 Å². The lowest BCUT2D eigenvalue weighted by Gasteiger charge is -2.39. The highest BCUT2D eigenvalue weighted by molar-refractivity contribution is 4.80. The molecule has 3 nitrogen and oxygen atoms in total. The first-order valence-corrected chi connectivity index (χ1v) is 6.40. The number of piperazine rings is 1. The molecule has 1 N–H and O–H groups in total. The van der Waals surface area contributed by atoms with Gasteiger partial charge in [0.25, 0.3) is 0 Å². The molecule has 0 aromatic heterocycles. The second kappa shape index (κ2) is 6.21. The number of halogens is 3. The third kappa shape index (κ3) is 5.12. The minimum absolute atomic E-state index is 0.117. The Kier molecular flexibility index (Phi) is 5.43. The van der Waals surface area contributed by atoms with Crippen molar-refractivity contribution in [3.8, 4) is 0 Å². The lowest BCUT2D eigenvalue weighted by Crippen LogP contribution is -2.51. The summed E-state index contributed by atoms with van der Waals surface area (Å²) in [7, 11) is 0. The molecule has 0 aliphatic carbocycles. The number of hydrogen-bond donors (Lipinski definition) is 1. The van der Waals surface area contributed by atoms with Crippen LogP contribution in [-0.4, -0.2) is 67.0 Å². The number of aliphatic hydroxyl groups is 1. The van der Waals surface area contributed by atoms with Crippen molar-refractivity contribution in [2.24, 2.45) is 5.41 Å². The minimum Gasteiger partial charge on any atom is -0.396 e. The largest absolute Gasteiger partial charge is 0.401 e. The highest BCUT2D eigenvalue weighted by Crippen LogP contribution is 2.23. The summed E-state index contributed by atoms with van der Waals surface area (Å²) in [4.78, 5) is 3.59. The number of alkyl halides is 3. The molecule has 1 fully saturated rings. The number of aliphatic hydroxyl groups excluding tert-OH is 1. The van der Waals surface area contributed by atoms with Crippen LogP contribution in [0.2, 0.25) is 0 Å². The molecule has 1 atom stereocenters. The second-order valence-corrected chi connectivity index (χ2v) is 5.49. The van der Waals surface area contributed by atoms with Crippen molar-refractivity contribution in [1.82, 2.24) is 9.80 Å². The molecule has 0 saturated carbocycles. The lowest BCUT2D eigenvalue weighted by atomic mass is 9.88. The summed E-state index contributed by atoms with van der Waals surface area (Å²) in [6.07, 6.45) is -3.24. The molecule has 1 aliphatic heterocycles. The zero-order valence-electron chi connectivity index (χ0n) is 11.1.